The first-order chi connectivity index (χ1) is 12.1. The lowest BCUT2D eigenvalue weighted by molar-refractivity contribution is -0.137. The largest absolute Gasteiger partial charge is 0.480 e. The van der Waals surface area contributed by atoms with E-state index in [1.54, 1.807) is 4.90 Å². The van der Waals surface area contributed by atoms with E-state index in [0.717, 1.165) is 11.3 Å². The van der Waals surface area contributed by atoms with Gasteiger partial charge in [0.1, 0.15) is 12.2 Å². The fourth-order valence-corrected chi connectivity index (χ4v) is 2.56. The summed E-state index contributed by atoms with van der Waals surface area (Å²) in [6.07, 6.45) is 1.43. The van der Waals surface area contributed by atoms with E-state index in [9.17, 15) is 9.59 Å². The molecule has 2 aromatic carbocycles. The number of para-hydroxylation sites is 1. The molecule has 6 nitrogen and oxygen atoms in total. The maximum atomic E-state index is 13.1. The number of carbonyl (C=O) groups is 2. The van der Waals surface area contributed by atoms with Gasteiger partial charge in [-0.3, -0.25) is 9.59 Å². The zero-order chi connectivity index (χ0) is 17.6. The minimum absolute atomic E-state index is 0.238. The summed E-state index contributed by atoms with van der Waals surface area (Å²) >= 11 is 0. The molecule has 0 atom stereocenters. The Morgan fingerprint density at radius 2 is 1.60 bits per heavy atom. The Morgan fingerprint density at radius 1 is 0.960 bits per heavy atom. The lowest BCUT2D eigenvalue weighted by Gasteiger charge is -2.23. The van der Waals surface area contributed by atoms with Crippen LogP contribution in [-0.4, -0.2) is 26.8 Å². The summed E-state index contributed by atoms with van der Waals surface area (Å²) in [7, 11) is 0. The molecule has 1 N–H and O–H groups in total. The van der Waals surface area contributed by atoms with Gasteiger partial charge in [-0.05, 0) is 23.8 Å². The molecule has 0 aliphatic carbocycles. The van der Waals surface area contributed by atoms with E-state index >= 15 is 0 Å². The smallest absolute Gasteiger partial charge is 0.325 e. The number of aliphatic carboxylic acids is 1. The summed E-state index contributed by atoms with van der Waals surface area (Å²) in [4.78, 5) is 25.7. The number of benzene rings is 2. The molecule has 0 aliphatic rings. The van der Waals surface area contributed by atoms with E-state index in [0.29, 0.717) is 6.54 Å². The van der Waals surface area contributed by atoms with Gasteiger partial charge in [-0.1, -0.05) is 48.5 Å². The van der Waals surface area contributed by atoms with Crippen molar-refractivity contribution in [2.75, 3.05) is 4.90 Å². The first-order valence-electron chi connectivity index (χ1n) is 7.79. The number of amides is 1. The van der Waals surface area contributed by atoms with Crippen LogP contribution in [-0.2, 0) is 17.9 Å². The molecule has 0 bridgehead atoms. The van der Waals surface area contributed by atoms with Gasteiger partial charge in [0.15, 0.2) is 0 Å². The summed E-state index contributed by atoms with van der Waals surface area (Å²) in [5.41, 5.74) is 1.95. The number of carboxylic acid groups (broad SMARTS) is 1. The Hall–Kier alpha value is -3.41. The van der Waals surface area contributed by atoms with Crippen LogP contribution in [0, 0.1) is 0 Å². The highest BCUT2D eigenvalue weighted by Gasteiger charge is 2.22. The molecule has 25 heavy (non-hydrogen) atoms. The van der Waals surface area contributed by atoms with Crippen LogP contribution in [0.15, 0.2) is 72.9 Å². The van der Waals surface area contributed by atoms with Crippen molar-refractivity contribution in [3.05, 3.63) is 84.2 Å². The molecule has 126 valence electrons. The molecule has 0 saturated carbocycles. The molecule has 1 heterocycles. The standard InChI is InChI=1S/C19H17N3O3/c23-18(24)14-22-17(11-12-20-22)19(25)21(16-9-5-2-6-10-16)13-15-7-3-1-4-8-15/h1-12H,13-14H2,(H,23,24). The monoisotopic (exact) mass is 335 g/mol. The van der Waals surface area contributed by atoms with Gasteiger partial charge < -0.3 is 10.0 Å². The zero-order valence-corrected chi connectivity index (χ0v) is 13.4. The maximum Gasteiger partial charge on any atom is 0.325 e. The Morgan fingerprint density at radius 3 is 2.24 bits per heavy atom. The highest BCUT2D eigenvalue weighted by molar-refractivity contribution is 6.05. The van der Waals surface area contributed by atoms with Crippen LogP contribution in [0.3, 0.4) is 0 Å². The van der Waals surface area contributed by atoms with Gasteiger partial charge in [0.2, 0.25) is 0 Å². The predicted octanol–water partition coefficient (Wildman–Crippen LogP) is 2.81. The summed E-state index contributed by atoms with van der Waals surface area (Å²) in [5.74, 6) is -1.35. The number of anilines is 1. The lowest BCUT2D eigenvalue weighted by atomic mass is 10.2. The SMILES string of the molecule is O=C(O)Cn1nccc1C(=O)N(Cc1ccccc1)c1ccccc1. The first kappa shape index (κ1) is 16.4. The van der Waals surface area contributed by atoms with Crippen LogP contribution in [0.1, 0.15) is 16.1 Å². The average Bonchev–Trinajstić information content (AvgIpc) is 3.08. The molecule has 0 aliphatic heterocycles. The van der Waals surface area contributed by atoms with Crippen LogP contribution >= 0.6 is 0 Å². The third-order valence-electron chi connectivity index (χ3n) is 3.72. The van der Waals surface area contributed by atoms with Crippen molar-refractivity contribution >= 4 is 17.6 Å². The number of hydrogen-bond acceptors (Lipinski definition) is 3. The van der Waals surface area contributed by atoms with Crippen LogP contribution in [0.5, 0.6) is 0 Å². The number of rotatable bonds is 6. The minimum atomic E-state index is -1.05. The van der Waals surface area contributed by atoms with Gasteiger partial charge in [-0.2, -0.15) is 5.10 Å². The fourth-order valence-electron chi connectivity index (χ4n) is 2.56. The molecule has 1 aromatic heterocycles. The molecule has 0 spiro atoms. The van der Waals surface area contributed by atoms with E-state index in [4.69, 9.17) is 5.11 Å². The van der Waals surface area contributed by atoms with E-state index < -0.39 is 5.97 Å². The van der Waals surface area contributed by atoms with Crippen molar-refractivity contribution in [2.24, 2.45) is 0 Å². The molecule has 0 unspecified atom stereocenters. The fraction of sp³-hybridized carbons (Fsp3) is 0.105. The Kier molecular flexibility index (Phi) is 4.89. The van der Waals surface area contributed by atoms with E-state index in [-0.39, 0.29) is 18.1 Å². The van der Waals surface area contributed by atoms with Gasteiger partial charge in [-0.25, -0.2) is 4.68 Å². The topological polar surface area (TPSA) is 75.4 Å². The number of aromatic nitrogens is 2. The van der Waals surface area contributed by atoms with Crippen molar-refractivity contribution in [1.29, 1.82) is 0 Å². The molecule has 0 radical (unpaired) electrons. The highest BCUT2D eigenvalue weighted by Crippen LogP contribution is 2.20. The van der Waals surface area contributed by atoms with Gasteiger partial charge in [0.05, 0.1) is 6.54 Å². The predicted molar refractivity (Wildman–Crippen MR) is 93.3 cm³/mol. The third kappa shape index (κ3) is 3.92. The second-order valence-electron chi connectivity index (χ2n) is 5.48. The van der Waals surface area contributed by atoms with Gasteiger partial charge >= 0.3 is 5.97 Å². The Labute approximate surface area is 144 Å². The van der Waals surface area contributed by atoms with Crippen molar-refractivity contribution < 1.29 is 14.7 Å². The Bertz CT molecular complexity index is 860. The summed E-state index contributed by atoms with van der Waals surface area (Å²) in [6.45, 7) is 0.0178. The molecule has 3 aromatic rings. The molecule has 6 heteroatoms. The van der Waals surface area contributed by atoms with Crippen LogP contribution in [0.25, 0.3) is 0 Å². The quantitative estimate of drug-likeness (QED) is 0.751. The lowest BCUT2D eigenvalue weighted by Crippen LogP contribution is -2.32. The molecule has 0 saturated heterocycles. The van der Waals surface area contributed by atoms with Gasteiger partial charge in [0.25, 0.3) is 5.91 Å². The number of carbonyl (C=O) groups excluding carboxylic acids is 1. The number of carboxylic acids is 1. The number of nitrogens with zero attached hydrogens (tertiary/aromatic N) is 3. The molecule has 0 fully saturated rings. The number of hydrogen-bond donors (Lipinski definition) is 1. The van der Waals surface area contributed by atoms with Crippen molar-refractivity contribution in [1.82, 2.24) is 9.78 Å². The van der Waals surface area contributed by atoms with Crippen LogP contribution in [0.2, 0.25) is 0 Å². The zero-order valence-electron chi connectivity index (χ0n) is 13.4. The van der Waals surface area contributed by atoms with E-state index in [2.05, 4.69) is 5.10 Å². The average molecular weight is 335 g/mol. The van der Waals surface area contributed by atoms with Gasteiger partial charge in [0, 0.05) is 11.9 Å². The van der Waals surface area contributed by atoms with Crippen LogP contribution in [0.4, 0.5) is 5.69 Å². The van der Waals surface area contributed by atoms with Crippen molar-refractivity contribution in [3.8, 4) is 0 Å². The van der Waals surface area contributed by atoms with E-state index in [1.165, 1.54) is 16.9 Å². The van der Waals surface area contributed by atoms with E-state index in [1.807, 2.05) is 60.7 Å². The molecule has 1 amide bonds. The maximum absolute atomic E-state index is 13.1. The Balaban J connectivity index is 1.95. The molecular weight excluding hydrogens is 318 g/mol. The summed E-state index contributed by atoms with van der Waals surface area (Å²) in [5, 5.41) is 12.9. The second-order valence-corrected chi connectivity index (χ2v) is 5.48. The van der Waals surface area contributed by atoms with Gasteiger partial charge in [-0.15, -0.1) is 0 Å². The molecular formula is C19H17N3O3. The van der Waals surface area contributed by atoms with Crippen molar-refractivity contribution in [2.45, 2.75) is 13.1 Å². The molecule has 3 rings (SSSR count). The second kappa shape index (κ2) is 7.44. The van der Waals surface area contributed by atoms with Crippen LogP contribution < -0.4 is 4.90 Å². The van der Waals surface area contributed by atoms with Crippen molar-refractivity contribution in [3.63, 3.8) is 0 Å². The third-order valence-corrected chi connectivity index (χ3v) is 3.72. The summed E-state index contributed by atoms with van der Waals surface area (Å²) in [6, 6.07) is 20.4. The summed E-state index contributed by atoms with van der Waals surface area (Å²) < 4.78 is 1.20. The first-order valence-corrected chi connectivity index (χ1v) is 7.79. The minimum Gasteiger partial charge on any atom is -0.480 e. The normalized spacial score (nSPS) is 10.4. The highest BCUT2D eigenvalue weighted by atomic mass is 16.4.